The molecule has 33 heavy (non-hydrogen) atoms. The van der Waals surface area contributed by atoms with E-state index in [0.29, 0.717) is 57.6 Å². The van der Waals surface area contributed by atoms with Crippen LogP contribution in [0.2, 0.25) is 0 Å². The Morgan fingerprint density at radius 2 is 1.88 bits per heavy atom. The SMILES string of the molecule is COCCOc1ccc(N2CCN(C(=O)C3CC(=O)N(c4cccc(OC)c4)C3)CC2)nn1. The van der Waals surface area contributed by atoms with E-state index in [1.165, 1.54) is 0 Å². The Morgan fingerprint density at radius 1 is 1.06 bits per heavy atom. The van der Waals surface area contributed by atoms with Crippen LogP contribution in [0.15, 0.2) is 36.4 Å². The summed E-state index contributed by atoms with van der Waals surface area (Å²) in [4.78, 5) is 31.3. The van der Waals surface area contributed by atoms with Crippen molar-refractivity contribution in [2.24, 2.45) is 5.92 Å². The number of hydrogen-bond acceptors (Lipinski definition) is 8. The summed E-state index contributed by atoms with van der Waals surface area (Å²) < 4.78 is 15.7. The molecule has 2 fully saturated rings. The van der Waals surface area contributed by atoms with Crippen molar-refractivity contribution in [1.82, 2.24) is 15.1 Å². The van der Waals surface area contributed by atoms with Crippen LogP contribution in [-0.4, -0.2) is 87.1 Å². The predicted molar refractivity (Wildman–Crippen MR) is 122 cm³/mol. The Labute approximate surface area is 193 Å². The number of rotatable bonds is 8. The molecule has 2 aromatic rings. The number of methoxy groups -OCH3 is 2. The molecular weight excluding hydrogens is 426 g/mol. The molecule has 176 valence electrons. The molecule has 10 nitrogen and oxygen atoms in total. The van der Waals surface area contributed by atoms with Gasteiger partial charge in [-0.25, -0.2) is 0 Å². The summed E-state index contributed by atoms with van der Waals surface area (Å²) in [5, 5.41) is 8.34. The van der Waals surface area contributed by atoms with E-state index < -0.39 is 0 Å². The second kappa shape index (κ2) is 10.5. The lowest BCUT2D eigenvalue weighted by Crippen LogP contribution is -2.51. The van der Waals surface area contributed by atoms with Crippen LogP contribution in [0.4, 0.5) is 11.5 Å². The summed E-state index contributed by atoms with van der Waals surface area (Å²) in [6.45, 7) is 3.77. The second-order valence-electron chi connectivity index (χ2n) is 7.99. The van der Waals surface area contributed by atoms with Gasteiger partial charge in [0.15, 0.2) is 5.82 Å². The maximum absolute atomic E-state index is 13.1. The Kier molecular flexibility index (Phi) is 7.23. The number of hydrogen-bond donors (Lipinski definition) is 0. The number of anilines is 2. The third-order valence-electron chi connectivity index (χ3n) is 5.92. The van der Waals surface area contributed by atoms with Crippen LogP contribution in [-0.2, 0) is 14.3 Å². The molecule has 1 atom stereocenters. The molecule has 2 saturated heterocycles. The summed E-state index contributed by atoms with van der Waals surface area (Å²) >= 11 is 0. The molecule has 0 radical (unpaired) electrons. The van der Waals surface area contributed by atoms with E-state index in [1.807, 2.05) is 35.2 Å². The lowest BCUT2D eigenvalue weighted by Gasteiger charge is -2.36. The van der Waals surface area contributed by atoms with Crippen LogP contribution in [0.1, 0.15) is 6.42 Å². The van der Waals surface area contributed by atoms with Crippen LogP contribution < -0.4 is 19.3 Å². The molecule has 3 heterocycles. The maximum atomic E-state index is 13.1. The average molecular weight is 456 g/mol. The van der Waals surface area contributed by atoms with E-state index in [1.54, 1.807) is 25.2 Å². The fraction of sp³-hybridized carbons (Fsp3) is 0.478. The number of aromatic nitrogens is 2. The van der Waals surface area contributed by atoms with Crippen LogP contribution in [0, 0.1) is 5.92 Å². The molecule has 0 bridgehead atoms. The first-order valence-electron chi connectivity index (χ1n) is 11.0. The lowest BCUT2D eigenvalue weighted by atomic mass is 10.1. The highest BCUT2D eigenvalue weighted by Crippen LogP contribution is 2.29. The van der Waals surface area contributed by atoms with Gasteiger partial charge in [-0.1, -0.05) is 6.07 Å². The first-order valence-corrected chi connectivity index (χ1v) is 11.0. The number of ether oxygens (including phenoxy) is 3. The summed E-state index contributed by atoms with van der Waals surface area (Å²) in [5.74, 6) is 1.55. The van der Waals surface area contributed by atoms with Gasteiger partial charge in [0.25, 0.3) is 0 Å². The van der Waals surface area contributed by atoms with Gasteiger partial charge in [0.2, 0.25) is 17.7 Å². The highest BCUT2D eigenvalue weighted by Gasteiger charge is 2.38. The van der Waals surface area contributed by atoms with Crippen LogP contribution in [0.5, 0.6) is 11.6 Å². The summed E-state index contributed by atoms with van der Waals surface area (Å²) in [7, 11) is 3.21. The summed E-state index contributed by atoms with van der Waals surface area (Å²) in [6.07, 6.45) is 0.228. The fourth-order valence-corrected chi connectivity index (χ4v) is 4.10. The van der Waals surface area contributed by atoms with Gasteiger partial charge in [-0.05, 0) is 18.2 Å². The van der Waals surface area contributed by atoms with Crippen molar-refractivity contribution in [3.8, 4) is 11.6 Å². The molecule has 0 N–H and O–H groups in total. The highest BCUT2D eigenvalue weighted by molar-refractivity contribution is 6.00. The first-order chi connectivity index (χ1) is 16.1. The van der Waals surface area contributed by atoms with Crippen molar-refractivity contribution >= 4 is 23.3 Å². The van der Waals surface area contributed by atoms with Crippen molar-refractivity contribution in [1.29, 1.82) is 0 Å². The number of nitrogens with zero attached hydrogens (tertiary/aromatic N) is 5. The smallest absolute Gasteiger partial charge is 0.233 e. The van der Waals surface area contributed by atoms with Gasteiger partial charge < -0.3 is 28.9 Å². The minimum absolute atomic E-state index is 0.0290. The van der Waals surface area contributed by atoms with E-state index >= 15 is 0 Å². The third-order valence-corrected chi connectivity index (χ3v) is 5.92. The monoisotopic (exact) mass is 455 g/mol. The quantitative estimate of drug-likeness (QED) is 0.548. The molecular formula is C23H29N5O5. The van der Waals surface area contributed by atoms with Crippen molar-refractivity contribution in [3.05, 3.63) is 36.4 Å². The Morgan fingerprint density at radius 3 is 2.58 bits per heavy atom. The topological polar surface area (TPSA) is 97.3 Å². The number of carbonyl (C=O) groups excluding carboxylic acids is 2. The molecule has 4 rings (SSSR count). The minimum atomic E-state index is -0.335. The van der Waals surface area contributed by atoms with Crippen molar-refractivity contribution in [3.63, 3.8) is 0 Å². The normalized spacial score (nSPS) is 18.5. The second-order valence-corrected chi connectivity index (χ2v) is 7.99. The van der Waals surface area contributed by atoms with Crippen LogP contribution >= 0.6 is 0 Å². The first kappa shape index (κ1) is 22.8. The molecule has 0 saturated carbocycles. The molecule has 2 aliphatic heterocycles. The van der Waals surface area contributed by atoms with Gasteiger partial charge in [-0.3, -0.25) is 9.59 Å². The highest BCUT2D eigenvalue weighted by atomic mass is 16.5. The molecule has 0 spiro atoms. The van der Waals surface area contributed by atoms with Gasteiger partial charge in [0, 0.05) is 64.1 Å². The number of piperazine rings is 1. The van der Waals surface area contributed by atoms with E-state index in [-0.39, 0.29) is 24.2 Å². The molecule has 1 unspecified atom stereocenters. The van der Waals surface area contributed by atoms with Crippen molar-refractivity contribution in [2.45, 2.75) is 6.42 Å². The largest absolute Gasteiger partial charge is 0.497 e. The number of benzene rings is 1. The zero-order valence-electron chi connectivity index (χ0n) is 19.0. The predicted octanol–water partition coefficient (Wildman–Crippen LogP) is 1.21. The minimum Gasteiger partial charge on any atom is -0.497 e. The molecule has 0 aliphatic carbocycles. The van der Waals surface area contributed by atoms with Gasteiger partial charge in [0.05, 0.1) is 19.6 Å². The van der Waals surface area contributed by atoms with Gasteiger partial charge in [0.1, 0.15) is 12.4 Å². The third kappa shape index (κ3) is 5.33. The number of carbonyl (C=O) groups is 2. The zero-order valence-corrected chi connectivity index (χ0v) is 19.0. The average Bonchev–Trinajstić information content (AvgIpc) is 3.26. The van der Waals surface area contributed by atoms with Crippen LogP contribution in [0.25, 0.3) is 0 Å². The lowest BCUT2D eigenvalue weighted by molar-refractivity contribution is -0.136. The molecule has 2 aliphatic rings. The Bertz CT molecular complexity index is 962. The fourth-order valence-electron chi connectivity index (χ4n) is 4.10. The van der Waals surface area contributed by atoms with Gasteiger partial charge in [-0.2, -0.15) is 0 Å². The maximum Gasteiger partial charge on any atom is 0.233 e. The number of amides is 2. The standard InChI is InChI=1S/C23H29N5O5/c1-31-12-13-33-21-7-6-20(24-25-21)26-8-10-27(11-9-26)23(30)17-14-22(29)28(16-17)18-4-3-5-19(15-18)32-2/h3-7,15,17H,8-14,16H2,1-2H3. The van der Waals surface area contributed by atoms with Crippen molar-refractivity contribution < 1.29 is 23.8 Å². The van der Waals surface area contributed by atoms with Gasteiger partial charge >= 0.3 is 0 Å². The van der Waals surface area contributed by atoms with E-state index in [9.17, 15) is 9.59 Å². The van der Waals surface area contributed by atoms with E-state index in [2.05, 4.69) is 15.1 Å². The van der Waals surface area contributed by atoms with Crippen molar-refractivity contribution in [2.75, 3.05) is 70.0 Å². The van der Waals surface area contributed by atoms with E-state index in [4.69, 9.17) is 14.2 Å². The zero-order chi connectivity index (χ0) is 23.2. The summed E-state index contributed by atoms with van der Waals surface area (Å²) in [5.41, 5.74) is 0.757. The van der Waals surface area contributed by atoms with Crippen LogP contribution in [0.3, 0.4) is 0 Å². The summed E-state index contributed by atoms with van der Waals surface area (Å²) in [6, 6.07) is 11.0. The molecule has 1 aromatic heterocycles. The molecule has 10 heteroatoms. The van der Waals surface area contributed by atoms with E-state index in [0.717, 1.165) is 11.5 Å². The molecule has 1 aromatic carbocycles. The van der Waals surface area contributed by atoms with Gasteiger partial charge in [-0.15, -0.1) is 10.2 Å². The Hall–Kier alpha value is -3.40. The Balaban J connectivity index is 1.30. The molecule has 2 amide bonds.